The van der Waals surface area contributed by atoms with Crippen LogP contribution in [0.1, 0.15) is 30.6 Å². The van der Waals surface area contributed by atoms with Gasteiger partial charge in [0.05, 0.1) is 29.7 Å². The highest BCUT2D eigenvalue weighted by atomic mass is 32.2. The average Bonchev–Trinajstić information content (AvgIpc) is 2.92. The van der Waals surface area contributed by atoms with Crippen molar-refractivity contribution in [3.8, 4) is 0 Å². The summed E-state index contributed by atoms with van der Waals surface area (Å²) in [5.41, 5.74) is -0.424. The molecule has 3 atom stereocenters. The third kappa shape index (κ3) is 4.92. The van der Waals surface area contributed by atoms with E-state index in [9.17, 15) is 26.4 Å². The van der Waals surface area contributed by atoms with E-state index in [4.69, 9.17) is 4.74 Å². The van der Waals surface area contributed by atoms with Crippen LogP contribution in [0.15, 0.2) is 24.3 Å². The Kier molecular flexibility index (Phi) is 5.40. The maximum atomic E-state index is 12.9. The Labute approximate surface area is 155 Å². The van der Waals surface area contributed by atoms with Crippen molar-refractivity contribution in [1.82, 2.24) is 10.2 Å². The van der Waals surface area contributed by atoms with Crippen LogP contribution in [0.4, 0.5) is 18.0 Å². The number of urea groups is 1. The Hall–Kier alpha value is -1.81. The zero-order valence-electron chi connectivity index (χ0n) is 14.7. The van der Waals surface area contributed by atoms with E-state index in [0.29, 0.717) is 12.0 Å². The minimum atomic E-state index is -4.46. The molecule has 27 heavy (non-hydrogen) atoms. The minimum Gasteiger partial charge on any atom is -0.367 e. The highest BCUT2D eigenvalue weighted by molar-refractivity contribution is 7.91. The SMILES string of the molecule is CC1CN(C(=O)NC2CCS(=O)(=O)C2)CC(c2cccc(C(F)(F)F)c2)O1. The van der Waals surface area contributed by atoms with Crippen LogP contribution in [0.3, 0.4) is 0 Å². The fourth-order valence-corrected chi connectivity index (χ4v) is 5.06. The molecule has 2 amide bonds. The van der Waals surface area contributed by atoms with Gasteiger partial charge in [0, 0.05) is 12.6 Å². The number of sulfone groups is 1. The van der Waals surface area contributed by atoms with Gasteiger partial charge in [0.25, 0.3) is 0 Å². The zero-order chi connectivity index (χ0) is 19.8. The quantitative estimate of drug-likeness (QED) is 0.818. The number of morpholine rings is 1. The molecule has 3 unspecified atom stereocenters. The van der Waals surface area contributed by atoms with Crippen LogP contribution in [0.25, 0.3) is 0 Å². The first-order valence-electron chi connectivity index (χ1n) is 8.62. The molecule has 0 spiro atoms. The van der Waals surface area contributed by atoms with Crippen LogP contribution in [-0.2, 0) is 20.8 Å². The molecule has 10 heteroatoms. The van der Waals surface area contributed by atoms with Gasteiger partial charge in [0.15, 0.2) is 9.84 Å². The van der Waals surface area contributed by atoms with Gasteiger partial charge in [-0.15, -0.1) is 0 Å². The molecule has 2 aliphatic rings. The summed E-state index contributed by atoms with van der Waals surface area (Å²) < 4.78 is 67.6. The van der Waals surface area contributed by atoms with E-state index < -0.39 is 39.8 Å². The lowest BCUT2D eigenvalue weighted by atomic mass is 10.0. The van der Waals surface area contributed by atoms with Crippen LogP contribution in [0.2, 0.25) is 0 Å². The van der Waals surface area contributed by atoms with Crippen LogP contribution in [0, 0.1) is 0 Å². The molecule has 2 heterocycles. The molecule has 1 aromatic carbocycles. The number of hydrogen-bond acceptors (Lipinski definition) is 4. The number of alkyl halides is 3. The smallest absolute Gasteiger partial charge is 0.367 e. The van der Waals surface area contributed by atoms with Crippen LogP contribution >= 0.6 is 0 Å². The molecule has 0 radical (unpaired) electrons. The molecular weight excluding hydrogens is 385 g/mol. The van der Waals surface area contributed by atoms with E-state index >= 15 is 0 Å². The summed E-state index contributed by atoms with van der Waals surface area (Å²) in [5.74, 6) is -0.0417. The Bertz CT molecular complexity index is 813. The zero-order valence-corrected chi connectivity index (χ0v) is 15.5. The van der Waals surface area contributed by atoms with Crippen molar-refractivity contribution in [3.05, 3.63) is 35.4 Å². The number of carbonyl (C=O) groups excluding carboxylic acids is 1. The molecule has 2 fully saturated rings. The minimum absolute atomic E-state index is 0.0460. The van der Waals surface area contributed by atoms with E-state index in [-0.39, 0.29) is 30.7 Å². The number of amides is 2. The van der Waals surface area contributed by atoms with Gasteiger partial charge in [0.1, 0.15) is 6.10 Å². The number of halogens is 3. The number of hydrogen-bond donors (Lipinski definition) is 1. The lowest BCUT2D eigenvalue weighted by molar-refractivity contribution is -0.137. The molecule has 3 rings (SSSR count). The van der Waals surface area contributed by atoms with E-state index in [1.165, 1.54) is 17.0 Å². The molecule has 0 bridgehead atoms. The van der Waals surface area contributed by atoms with Gasteiger partial charge in [-0.2, -0.15) is 13.2 Å². The predicted molar refractivity (Wildman–Crippen MR) is 91.9 cm³/mol. The van der Waals surface area contributed by atoms with Crippen LogP contribution < -0.4 is 5.32 Å². The average molecular weight is 406 g/mol. The molecule has 1 N–H and O–H groups in total. The third-order valence-corrected chi connectivity index (χ3v) is 6.46. The maximum Gasteiger partial charge on any atom is 0.416 e. The van der Waals surface area contributed by atoms with E-state index in [1.807, 2.05) is 0 Å². The van der Waals surface area contributed by atoms with Gasteiger partial charge in [-0.1, -0.05) is 12.1 Å². The molecule has 2 aliphatic heterocycles. The van der Waals surface area contributed by atoms with Gasteiger partial charge in [-0.05, 0) is 31.0 Å². The van der Waals surface area contributed by atoms with Crippen molar-refractivity contribution in [1.29, 1.82) is 0 Å². The first-order chi connectivity index (χ1) is 12.5. The van der Waals surface area contributed by atoms with Crippen molar-refractivity contribution in [2.75, 3.05) is 24.6 Å². The normalized spacial score (nSPS) is 28.1. The molecule has 6 nitrogen and oxygen atoms in total. The first-order valence-corrected chi connectivity index (χ1v) is 10.4. The number of benzene rings is 1. The molecule has 2 saturated heterocycles. The Balaban J connectivity index is 1.70. The monoisotopic (exact) mass is 406 g/mol. The summed E-state index contributed by atoms with van der Waals surface area (Å²) in [6.07, 6.45) is -5.14. The summed E-state index contributed by atoms with van der Waals surface area (Å²) in [4.78, 5) is 14.0. The maximum absolute atomic E-state index is 12.9. The van der Waals surface area contributed by atoms with Crippen molar-refractivity contribution >= 4 is 15.9 Å². The number of nitrogens with zero attached hydrogens (tertiary/aromatic N) is 1. The van der Waals surface area contributed by atoms with Crippen LogP contribution in [-0.4, -0.2) is 56.1 Å². The predicted octanol–water partition coefficient (Wildman–Crippen LogP) is 2.36. The fourth-order valence-electron chi connectivity index (χ4n) is 3.39. The first kappa shape index (κ1) is 19.9. The van der Waals surface area contributed by atoms with Crippen molar-refractivity contribution < 1.29 is 31.1 Å². The Morgan fingerprint density at radius 1 is 1.30 bits per heavy atom. The van der Waals surface area contributed by atoms with Gasteiger partial charge in [-0.3, -0.25) is 0 Å². The summed E-state index contributed by atoms with van der Waals surface area (Å²) >= 11 is 0. The van der Waals surface area contributed by atoms with E-state index in [0.717, 1.165) is 12.1 Å². The topological polar surface area (TPSA) is 75.7 Å². The van der Waals surface area contributed by atoms with E-state index in [2.05, 4.69) is 5.32 Å². The second kappa shape index (κ2) is 7.31. The Morgan fingerprint density at radius 3 is 2.67 bits per heavy atom. The van der Waals surface area contributed by atoms with Crippen LogP contribution in [0.5, 0.6) is 0 Å². The van der Waals surface area contributed by atoms with E-state index in [1.54, 1.807) is 6.92 Å². The second-order valence-electron chi connectivity index (χ2n) is 7.01. The third-order valence-electron chi connectivity index (χ3n) is 4.69. The van der Waals surface area contributed by atoms with Crippen molar-refractivity contribution in [2.24, 2.45) is 0 Å². The summed E-state index contributed by atoms with van der Waals surface area (Å²) in [6.45, 7) is 2.11. The molecular formula is C17H21F3N2O4S. The summed E-state index contributed by atoms with van der Waals surface area (Å²) in [7, 11) is -3.12. The molecule has 1 aromatic rings. The molecule has 150 valence electrons. The molecule has 0 aromatic heterocycles. The summed E-state index contributed by atoms with van der Waals surface area (Å²) in [5, 5.41) is 2.70. The largest absolute Gasteiger partial charge is 0.416 e. The lowest BCUT2D eigenvalue weighted by Gasteiger charge is -2.37. The number of ether oxygens (including phenoxy) is 1. The highest BCUT2D eigenvalue weighted by Crippen LogP contribution is 2.33. The standard InChI is InChI=1S/C17H21F3N2O4S/c1-11-8-22(16(23)21-14-5-6-27(24,25)10-14)9-15(26-11)12-3-2-4-13(7-12)17(18,19)20/h2-4,7,11,14-15H,5-6,8-10H2,1H3,(H,21,23). The van der Waals surface area contributed by atoms with Gasteiger partial charge in [0.2, 0.25) is 0 Å². The highest BCUT2D eigenvalue weighted by Gasteiger charge is 2.35. The van der Waals surface area contributed by atoms with Crippen molar-refractivity contribution in [2.45, 2.75) is 37.8 Å². The summed E-state index contributed by atoms with van der Waals surface area (Å²) in [6, 6.07) is 4.01. The van der Waals surface area contributed by atoms with Gasteiger partial charge in [-0.25, -0.2) is 13.2 Å². The lowest BCUT2D eigenvalue weighted by Crippen LogP contribution is -2.52. The van der Waals surface area contributed by atoms with Gasteiger partial charge >= 0.3 is 12.2 Å². The van der Waals surface area contributed by atoms with Crippen molar-refractivity contribution in [3.63, 3.8) is 0 Å². The second-order valence-corrected chi connectivity index (χ2v) is 9.24. The number of carbonyl (C=O) groups is 1. The number of rotatable bonds is 2. The Morgan fingerprint density at radius 2 is 2.04 bits per heavy atom. The molecule has 0 aliphatic carbocycles. The number of nitrogens with one attached hydrogen (secondary N) is 1. The van der Waals surface area contributed by atoms with Gasteiger partial charge < -0.3 is 15.0 Å². The molecule has 0 saturated carbocycles. The fraction of sp³-hybridized carbons (Fsp3) is 0.588.